The van der Waals surface area contributed by atoms with Crippen molar-refractivity contribution in [1.29, 1.82) is 0 Å². The number of hydrogen-bond donors (Lipinski definition) is 0. The van der Waals surface area contributed by atoms with Gasteiger partial charge in [-0.3, -0.25) is 4.68 Å². The average Bonchev–Trinajstić information content (AvgIpc) is 2.62. The molecule has 3 rings (SSSR count). The third-order valence-corrected chi connectivity index (χ3v) is 4.36. The van der Waals surface area contributed by atoms with Crippen LogP contribution in [0.3, 0.4) is 0 Å². The third kappa shape index (κ3) is 2.78. The molecule has 0 radical (unpaired) electrons. The second-order valence-corrected chi connectivity index (χ2v) is 7.19. The Bertz CT molecular complexity index is 553. The Morgan fingerprint density at radius 3 is 2.62 bits per heavy atom. The molecule has 0 bridgehead atoms. The lowest BCUT2D eigenvalue weighted by atomic mass is 9.92. The predicted molar refractivity (Wildman–Crippen MR) is 80.2 cm³/mol. The minimum atomic E-state index is -0.442. The molecule has 1 aliphatic carbocycles. The van der Waals surface area contributed by atoms with E-state index in [1.165, 1.54) is 30.5 Å². The summed E-state index contributed by atoms with van der Waals surface area (Å²) in [7, 11) is 0. The van der Waals surface area contributed by atoms with Gasteiger partial charge in [0.15, 0.2) is 0 Å². The van der Waals surface area contributed by atoms with Crippen LogP contribution in [0.1, 0.15) is 63.0 Å². The maximum atomic E-state index is 12.2. The Hall–Kier alpha value is -1.52. The van der Waals surface area contributed by atoms with Crippen LogP contribution in [-0.2, 0) is 17.7 Å². The van der Waals surface area contributed by atoms with E-state index in [4.69, 9.17) is 9.84 Å². The van der Waals surface area contributed by atoms with Crippen LogP contribution in [0.4, 0.5) is 4.79 Å². The van der Waals surface area contributed by atoms with Crippen molar-refractivity contribution in [2.45, 2.75) is 71.6 Å². The lowest BCUT2D eigenvalue weighted by Gasteiger charge is -2.32. The quantitative estimate of drug-likeness (QED) is 0.798. The van der Waals surface area contributed by atoms with E-state index in [-0.39, 0.29) is 6.09 Å². The van der Waals surface area contributed by atoms with Gasteiger partial charge in [-0.05, 0) is 47.0 Å². The molecular weight excluding hydrogens is 266 g/mol. The smallest absolute Gasteiger partial charge is 0.410 e. The fraction of sp³-hybridized carbons (Fsp3) is 0.750. The molecule has 5 heteroatoms. The van der Waals surface area contributed by atoms with Gasteiger partial charge in [0, 0.05) is 24.2 Å². The monoisotopic (exact) mass is 291 g/mol. The fourth-order valence-corrected chi connectivity index (χ4v) is 3.03. The normalized spacial score (nSPS) is 19.1. The number of aryl methyl sites for hydroxylation is 1. The average molecular weight is 291 g/mol. The van der Waals surface area contributed by atoms with Crippen molar-refractivity contribution in [2.24, 2.45) is 0 Å². The van der Waals surface area contributed by atoms with Crippen LogP contribution >= 0.6 is 0 Å². The molecule has 5 nitrogen and oxygen atoms in total. The van der Waals surface area contributed by atoms with Crippen molar-refractivity contribution in [3.63, 3.8) is 0 Å². The number of fused-ring (bicyclic) bond motifs is 1. The van der Waals surface area contributed by atoms with Gasteiger partial charge in [-0.25, -0.2) is 4.79 Å². The number of hydrogen-bond acceptors (Lipinski definition) is 3. The molecule has 1 aliphatic heterocycles. The maximum Gasteiger partial charge on any atom is 0.410 e. The van der Waals surface area contributed by atoms with Gasteiger partial charge in [0.05, 0.1) is 18.3 Å². The van der Waals surface area contributed by atoms with Crippen LogP contribution in [-0.4, -0.2) is 32.9 Å². The van der Waals surface area contributed by atoms with E-state index in [1.54, 1.807) is 4.90 Å². The molecule has 2 aliphatic rings. The Labute approximate surface area is 126 Å². The minimum absolute atomic E-state index is 0.219. The van der Waals surface area contributed by atoms with Crippen LogP contribution < -0.4 is 0 Å². The highest BCUT2D eigenvalue weighted by atomic mass is 16.6. The zero-order valence-corrected chi connectivity index (χ0v) is 13.5. The third-order valence-electron chi connectivity index (χ3n) is 4.36. The summed E-state index contributed by atoms with van der Waals surface area (Å²) in [5, 5.41) is 4.72. The first kappa shape index (κ1) is 14.4. The fourth-order valence-electron chi connectivity index (χ4n) is 3.03. The number of carbonyl (C=O) groups is 1. The first-order valence-corrected chi connectivity index (χ1v) is 7.90. The number of aromatic nitrogens is 2. The van der Waals surface area contributed by atoms with Gasteiger partial charge in [-0.2, -0.15) is 5.10 Å². The lowest BCUT2D eigenvalue weighted by Crippen LogP contribution is -2.40. The SMILES string of the molecule is Cc1nn(C2CCC2)c2c1CN(C(=O)OC(C)(C)C)CC2. The maximum absolute atomic E-state index is 12.2. The molecule has 0 aromatic carbocycles. The van der Waals surface area contributed by atoms with Crippen molar-refractivity contribution < 1.29 is 9.53 Å². The number of rotatable bonds is 1. The summed E-state index contributed by atoms with van der Waals surface area (Å²) >= 11 is 0. The molecule has 0 saturated heterocycles. The van der Waals surface area contributed by atoms with Gasteiger partial charge in [-0.15, -0.1) is 0 Å². The molecule has 1 aromatic rings. The van der Waals surface area contributed by atoms with Gasteiger partial charge in [0.1, 0.15) is 5.60 Å². The molecule has 21 heavy (non-hydrogen) atoms. The summed E-state index contributed by atoms with van der Waals surface area (Å²) in [6, 6.07) is 0.584. The van der Waals surface area contributed by atoms with Crippen LogP contribution in [0.25, 0.3) is 0 Å². The van der Waals surface area contributed by atoms with E-state index in [9.17, 15) is 4.79 Å². The Morgan fingerprint density at radius 2 is 2.05 bits per heavy atom. The highest BCUT2D eigenvalue weighted by molar-refractivity contribution is 5.68. The van der Waals surface area contributed by atoms with Crippen molar-refractivity contribution in [3.05, 3.63) is 17.0 Å². The second-order valence-electron chi connectivity index (χ2n) is 7.19. The van der Waals surface area contributed by atoms with Gasteiger partial charge in [0.2, 0.25) is 0 Å². The summed E-state index contributed by atoms with van der Waals surface area (Å²) in [5.41, 5.74) is 3.17. The van der Waals surface area contributed by atoms with Gasteiger partial charge in [-0.1, -0.05) is 0 Å². The molecule has 1 aromatic heterocycles. The van der Waals surface area contributed by atoms with Crippen LogP contribution in [0.2, 0.25) is 0 Å². The first-order chi connectivity index (χ1) is 9.85. The molecule has 0 N–H and O–H groups in total. The van der Waals surface area contributed by atoms with Gasteiger partial charge >= 0.3 is 6.09 Å². The Balaban J connectivity index is 1.76. The Morgan fingerprint density at radius 1 is 1.33 bits per heavy atom. The minimum Gasteiger partial charge on any atom is -0.444 e. The summed E-state index contributed by atoms with van der Waals surface area (Å²) in [4.78, 5) is 14.0. The van der Waals surface area contributed by atoms with Crippen molar-refractivity contribution in [3.8, 4) is 0 Å². The highest BCUT2D eigenvalue weighted by Gasteiger charge is 2.32. The number of ether oxygens (including phenoxy) is 1. The van der Waals surface area contributed by atoms with Crippen molar-refractivity contribution in [1.82, 2.24) is 14.7 Å². The van der Waals surface area contributed by atoms with Gasteiger partial charge < -0.3 is 9.64 Å². The van der Waals surface area contributed by atoms with E-state index in [1.807, 2.05) is 27.7 Å². The van der Waals surface area contributed by atoms with Gasteiger partial charge in [0.25, 0.3) is 0 Å². The van der Waals surface area contributed by atoms with E-state index >= 15 is 0 Å². The summed E-state index contributed by atoms with van der Waals surface area (Å²) in [6.45, 7) is 9.11. The standard InChI is InChI=1S/C16H25N3O2/c1-11-13-10-18(15(20)21-16(2,3)4)9-8-14(13)19(17-11)12-6-5-7-12/h12H,5-10H2,1-4H3. The van der Waals surface area contributed by atoms with E-state index in [0.29, 0.717) is 12.6 Å². The molecule has 1 saturated carbocycles. The number of nitrogens with zero attached hydrogens (tertiary/aromatic N) is 3. The largest absolute Gasteiger partial charge is 0.444 e. The predicted octanol–water partition coefficient (Wildman–Crippen LogP) is 3.21. The first-order valence-electron chi connectivity index (χ1n) is 7.90. The molecule has 116 valence electrons. The molecule has 0 spiro atoms. The second kappa shape index (κ2) is 5.04. The zero-order chi connectivity index (χ0) is 15.2. The molecule has 1 fully saturated rings. The number of amides is 1. The van der Waals surface area contributed by atoms with E-state index in [0.717, 1.165) is 18.7 Å². The molecule has 2 heterocycles. The Kier molecular flexibility index (Phi) is 3.46. The molecule has 0 atom stereocenters. The lowest BCUT2D eigenvalue weighted by molar-refractivity contribution is 0.0221. The van der Waals surface area contributed by atoms with Crippen LogP contribution in [0, 0.1) is 6.92 Å². The topological polar surface area (TPSA) is 47.4 Å². The molecule has 1 amide bonds. The number of carbonyl (C=O) groups excluding carboxylic acids is 1. The highest BCUT2D eigenvalue weighted by Crippen LogP contribution is 2.35. The summed E-state index contributed by atoms with van der Waals surface area (Å²) < 4.78 is 7.70. The van der Waals surface area contributed by atoms with Crippen LogP contribution in [0.15, 0.2) is 0 Å². The molecular formula is C16H25N3O2. The van der Waals surface area contributed by atoms with Crippen molar-refractivity contribution in [2.75, 3.05) is 6.54 Å². The summed E-state index contributed by atoms with van der Waals surface area (Å²) in [6.07, 6.45) is 4.45. The summed E-state index contributed by atoms with van der Waals surface area (Å²) in [5.74, 6) is 0. The van der Waals surface area contributed by atoms with Crippen molar-refractivity contribution >= 4 is 6.09 Å². The van der Waals surface area contributed by atoms with E-state index in [2.05, 4.69) is 4.68 Å². The van der Waals surface area contributed by atoms with Crippen LogP contribution in [0.5, 0.6) is 0 Å². The molecule has 0 unspecified atom stereocenters. The van der Waals surface area contributed by atoms with E-state index < -0.39 is 5.60 Å². The zero-order valence-electron chi connectivity index (χ0n) is 13.5.